The van der Waals surface area contributed by atoms with Crippen LogP contribution in [0.25, 0.3) is 10.2 Å². The van der Waals surface area contributed by atoms with Crippen LogP contribution in [0, 0.1) is 0 Å². The summed E-state index contributed by atoms with van der Waals surface area (Å²) in [5.74, 6) is -0.279. The van der Waals surface area contributed by atoms with Gasteiger partial charge in [-0.3, -0.25) is 9.36 Å². The van der Waals surface area contributed by atoms with E-state index in [2.05, 4.69) is 4.74 Å². The van der Waals surface area contributed by atoms with Gasteiger partial charge in [0, 0.05) is 0 Å². The number of halogens is 3. The van der Waals surface area contributed by atoms with Crippen molar-refractivity contribution in [2.45, 2.75) is 12.9 Å². The van der Waals surface area contributed by atoms with Gasteiger partial charge in [0.15, 0.2) is 0 Å². The molecule has 0 fully saturated rings. The molecular weight excluding hydrogens is 315 g/mol. The van der Waals surface area contributed by atoms with Gasteiger partial charge >= 0.3 is 11.2 Å². The van der Waals surface area contributed by atoms with E-state index in [4.69, 9.17) is 0 Å². The summed E-state index contributed by atoms with van der Waals surface area (Å²) in [6, 6.07) is 12.9. The maximum atomic E-state index is 12.1. The predicted octanol–water partition coefficient (Wildman–Crippen LogP) is 4.01. The lowest BCUT2D eigenvalue weighted by molar-refractivity contribution is -0.274. The van der Waals surface area contributed by atoms with Crippen LogP contribution in [0.4, 0.5) is 13.2 Å². The number of benzene rings is 2. The molecule has 0 aliphatic heterocycles. The molecule has 0 saturated carbocycles. The molecule has 3 nitrogen and oxygen atoms in total. The van der Waals surface area contributed by atoms with Gasteiger partial charge in [-0.25, -0.2) is 0 Å². The zero-order valence-electron chi connectivity index (χ0n) is 11.1. The Morgan fingerprint density at radius 2 is 1.73 bits per heavy atom. The van der Waals surface area contributed by atoms with Crippen molar-refractivity contribution in [3.05, 3.63) is 63.8 Å². The molecule has 1 aromatic heterocycles. The van der Waals surface area contributed by atoms with E-state index in [1.165, 1.54) is 24.3 Å². The molecule has 0 saturated heterocycles. The first kappa shape index (κ1) is 14.6. The number of fused-ring (bicyclic) bond motifs is 1. The van der Waals surface area contributed by atoms with E-state index >= 15 is 0 Å². The van der Waals surface area contributed by atoms with Crippen molar-refractivity contribution >= 4 is 21.6 Å². The number of aromatic nitrogens is 1. The Bertz CT molecular complexity index is 850. The van der Waals surface area contributed by atoms with E-state index in [0.29, 0.717) is 6.54 Å². The van der Waals surface area contributed by atoms with Crippen molar-refractivity contribution in [1.29, 1.82) is 0 Å². The van der Waals surface area contributed by atoms with Crippen LogP contribution in [0.3, 0.4) is 0 Å². The van der Waals surface area contributed by atoms with E-state index in [1.54, 1.807) is 4.57 Å². The lowest BCUT2D eigenvalue weighted by Crippen LogP contribution is -2.17. The molecule has 0 radical (unpaired) electrons. The number of thiazole rings is 1. The third kappa shape index (κ3) is 3.14. The fourth-order valence-electron chi connectivity index (χ4n) is 2.14. The summed E-state index contributed by atoms with van der Waals surface area (Å²) in [6.45, 7) is 0.301. The first-order valence-electron chi connectivity index (χ1n) is 6.35. The van der Waals surface area contributed by atoms with Crippen LogP contribution in [-0.2, 0) is 6.54 Å². The summed E-state index contributed by atoms with van der Waals surface area (Å²) in [4.78, 5) is 11.9. The van der Waals surface area contributed by atoms with E-state index in [1.807, 2.05) is 24.3 Å². The van der Waals surface area contributed by atoms with E-state index < -0.39 is 6.36 Å². The Balaban J connectivity index is 1.86. The Kier molecular flexibility index (Phi) is 3.66. The van der Waals surface area contributed by atoms with Crippen molar-refractivity contribution in [2.24, 2.45) is 0 Å². The third-order valence-electron chi connectivity index (χ3n) is 3.07. The van der Waals surface area contributed by atoms with Gasteiger partial charge in [0.05, 0.1) is 16.8 Å². The Morgan fingerprint density at radius 3 is 2.41 bits per heavy atom. The van der Waals surface area contributed by atoms with Gasteiger partial charge in [-0.05, 0) is 29.8 Å². The second-order valence-corrected chi connectivity index (χ2v) is 5.61. The monoisotopic (exact) mass is 325 g/mol. The van der Waals surface area contributed by atoms with Gasteiger partial charge in [0.1, 0.15) is 5.75 Å². The molecule has 22 heavy (non-hydrogen) atoms. The van der Waals surface area contributed by atoms with Crippen molar-refractivity contribution in [1.82, 2.24) is 4.57 Å². The Morgan fingerprint density at radius 1 is 1.05 bits per heavy atom. The average Bonchev–Trinajstić information content (AvgIpc) is 2.76. The van der Waals surface area contributed by atoms with Crippen LogP contribution in [0.15, 0.2) is 53.3 Å². The topological polar surface area (TPSA) is 31.2 Å². The Hall–Kier alpha value is -2.28. The predicted molar refractivity (Wildman–Crippen MR) is 78.3 cm³/mol. The lowest BCUT2D eigenvalue weighted by Gasteiger charge is -2.09. The van der Waals surface area contributed by atoms with Gasteiger partial charge in [0.2, 0.25) is 0 Å². The highest BCUT2D eigenvalue weighted by molar-refractivity contribution is 7.16. The molecule has 0 N–H and O–H groups in total. The largest absolute Gasteiger partial charge is 0.573 e. The van der Waals surface area contributed by atoms with Crippen molar-refractivity contribution in [2.75, 3.05) is 0 Å². The minimum absolute atomic E-state index is 0.100. The van der Waals surface area contributed by atoms with Crippen LogP contribution in [0.5, 0.6) is 5.75 Å². The quantitative estimate of drug-likeness (QED) is 0.728. The summed E-state index contributed by atoms with van der Waals surface area (Å²) in [5, 5.41) is 0. The molecule has 3 rings (SSSR count). The molecule has 2 aromatic carbocycles. The van der Waals surface area contributed by atoms with E-state index in [0.717, 1.165) is 27.1 Å². The molecule has 0 bridgehead atoms. The van der Waals surface area contributed by atoms with Gasteiger partial charge in [0.25, 0.3) is 0 Å². The van der Waals surface area contributed by atoms with Crippen molar-refractivity contribution in [3.8, 4) is 5.75 Å². The number of para-hydroxylation sites is 1. The van der Waals surface area contributed by atoms with Gasteiger partial charge < -0.3 is 4.74 Å². The molecule has 0 aliphatic carbocycles. The van der Waals surface area contributed by atoms with Crippen LogP contribution in [-0.4, -0.2) is 10.9 Å². The summed E-state index contributed by atoms with van der Waals surface area (Å²) in [6.07, 6.45) is -4.71. The zero-order chi connectivity index (χ0) is 15.7. The molecule has 3 aromatic rings. The minimum atomic E-state index is -4.71. The fraction of sp³-hybridized carbons (Fsp3) is 0.133. The highest BCUT2D eigenvalue weighted by Gasteiger charge is 2.30. The molecule has 0 aliphatic rings. The highest BCUT2D eigenvalue weighted by atomic mass is 32.1. The number of alkyl halides is 3. The smallest absolute Gasteiger partial charge is 0.406 e. The number of hydrogen-bond donors (Lipinski definition) is 0. The molecule has 0 atom stereocenters. The summed E-state index contributed by atoms with van der Waals surface area (Å²) < 4.78 is 42.6. The molecule has 114 valence electrons. The van der Waals surface area contributed by atoms with Crippen molar-refractivity contribution in [3.63, 3.8) is 0 Å². The van der Waals surface area contributed by atoms with Crippen LogP contribution in [0.1, 0.15) is 5.56 Å². The number of ether oxygens (including phenoxy) is 1. The third-order valence-corrected chi connectivity index (χ3v) is 4.03. The first-order valence-corrected chi connectivity index (χ1v) is 7.17. The van der Waals surface area contributed by atoms with Crippen LogP contribution < -0.4 is 9.61 Å². The number of hydrogen-bond acceptors (Lipinski definition) is 3. The second kappa shape index (κ2) is 5.49. The van der Waals surface area contributed by atoms with Gasteiger partial charge in [-0.1, -0.05) is 35.6 Å². The maximum absolute atomic E-state index is 12.1. The SMILES string of the molecule is O=c1sc2ccccc2n1Cc1ccc(OC(F)(F)F)cc1. The van der Waals surface area contributed by atoms with E-state index in [9.17, 15) is 18.0 Å². The minimum Gasteiger partial charge on any atom is -0.406 e. The lowest BCUT2D eigenvalue weighted by atomic mass is 10.2. The van der Waals surface area contributed by atoms with Crippen LogP contribution in [0.2, 0.25) is 0 Å². The fourth-order valence-corrected chi connectivity index (χ4v) is 3.03. The first-order chi connectivity index (χ1) is 10.4. The molecule has 0 spiro atoms. The Labute approximate surface area is 127 Å². The number of rotatable bonds is 3. The summed E-state index contributed by atoms with van der Waals surface area (Å²) >= 11 is 1.14. The zero-order valence-corrected chi connectivity index (χ0v) is 11.9. The molecule has 7 heteroatoms. The van der Waals surface area contributed by atoms with Gasteiger partial charge in [-0.2, -0.15) is 0 Å². The molecular formula is C15H10F3NO2S. The summed E-state index contributed by atoms with van der Waals surface area (Å²) in [5.41, 5.74) is 1.54. The van der Waals surface area contributed by atoms with Crippen LogP contribution >= 0.6 is 11.3 Å². The molecule has 1 heterocycles. The highest BCUT2D eigenvalue weighted by Crippen LogP contribution is 2.23. The van der Waals surface area contributed by atoms with Crippen molar-refractivity contribution < 1.29 is 17.9 Å². The second-order valence-electron chi connectivity index (χ2n) is 4.61. The maximum Gasteiger partial charge on any atom is 0.573 e. The standard InChI is InChI=1S/C15H10F3NO2S/c16-15(17,18)21-11-7-5-10(6-8-11)9-19-12-3-1-2-4-13(12)22-14(19)20/h1-8H,9H2. The molecule has 0 unspecified atom stereocenters. The van der Waals surface area contributed by atoms with Gasteiger partial charge in [-0.15, -0.1) is 13.2 Å². The summed E-state index contributed by atoms with van der Waals surface area (Å²) in [7, 11) is 0. The van der Waals surface area contributed by atoms with E-state index in [-0.39, 0.29) is 10.6 Å². The average molecular weight is 325 g/mol. The number of nitrogens with zero attached hydrogens (tertiary/aromatic N) is 1. The molecule has 0 amide bonds. The normalized spacial score (nSPS) is 11.8.